The van der Waals surface area contributed by atoms with Crippen LogP contribution in [0, 0.1) is 5.82 Å². The summed E-state index contributed by atoms with van der Waals surface area (Å²) in [7, 11) is 0. The molecule has 2 aromatic carbocycles. The molecule has 3 aliphatic heterocycles. The number of nitrogens with zero attached hydrogens (tertiary/aromatic N) is 2. The lowest BCUT2D eigenvalue weighted by molar-refractivity contribution is 0.286. The van der Waals surface area contributed by atoms with Crippen LogP contribution in [0.1, 0.15) is 24.0 Å². The van der Waals surface area contributed by atoms with Gasteiger partial charge in [0.1, 0.15) is 12.0 Å². The van der Waals surface area contributed by atoms with E-state index in [1.54, 1.807) is 12.1 Å². The molecule has 1 atom stereocenters. The van der Waals surface area contributed by atoms with E-state index in [4.69, 9.17) is 11.6 Å². The maximum Gasteiger partial charge on any atom is 0.123 e. The summed E-state index contributed by atoms with van der Waals surface area (Å²) in [6.45, 7) is 4.05. The minimum atomic E-state index is -0.176. The molecule has 1 N–H and O–H groups in total. The van der Waals surface area contributed by atoms with Crippen LogP contribution < -0.4 is 10.2 Å². The zero-order valence-electron chi connectivity index (χ0n) is 15.2. The second-order valence-corrected chi connectivity index (χ2v) is 8.10. The third kappa shape index (κ3) is 3.21. The molecule has 0 bridgehead atoms. The van der Waals surface area contributed by atoms with Gasteiger partial charge >= 0.3 is 0 Å². The minimum absolute atomic E-state index is 0.176. The highest BCUT2D eigenvalue weighted by molar-refractivity contribution is 6.31. The summed E-state index contributed by atoms with van der Waals surface area (Å²) >= 11 is 6.30. The predicted molar refractivity (Wildman–Crippen MR) is 110 cm³/mol. The van der Waals surface area contributed by atoms with E-state index < -0.39 is 0 Å². The Balaban J connectivity index is 1.29. The Morgan fingerprint density at radius 1 is 1.11 bits per heavy atom. The van der Waals surface area contributed by atoms with E-state index >= 15 is 0 Å². The standard InChI is InChI=1S/C22H23ClFN3/c23-18-12-17-2-1-9-27-21(25-20(13-18)22(17)27)14-26-10-7-16(8-11-26)15-3-5-19(24)6-4-15/h3-7,12-13,21,25H,1-2,8-11,14H2. The van der Waals surface area contributed by atoms with Gasteiger partial charge in [0, 0.05) is 31.2 Å². The summed E-state index contributed by atoms with van der Waals surface area (Å²) < 4.78 is 13.1. The normalized spacial score (nSPS) is 21.6. The molecule has 5 rings (SSSR count). The van der Waals surface area contributed by atoms with Crippen molar-refractivity contribution in [1.29, 1.82) is 0 Å². The number of hydrogen-bond acceptors (Lipinski definition) is 3. The van der Waals surface area contributed by atoms with Gasteiger partial charge in [0.05, 0.1) is 11.4 Å². The first-order valence-electron chi connectivity index (χ1n) is 9.70. The molecule has 0 saturated carbocycles. The highest BCUT2D eigenvalue weighted by atomic mass is 35.5. The Morgan fingerprint density at radius 2 is 1.96 bits per heavy atom. The van der Waals surface area contributed by atoms with Crippen molar-refractivity contribution < 1.29 is 4.39 Å². The topological polar surface area (TPSA) is 18.5 Å². The summed E-state index contributed by atoms with van der Waals surface area (Å²) in [6.07, 6.45) is 5.89. The summed E-state index contributed by atoms with van der Waals surface area (Å²) in [4.78, 5) is 5.01. The van der Waals surface area contributed by atoms with Crippen LogP contribution in [0.5, 0.6) is 0 Å². The van der Waals surface area contributed by atoms with Crippen molar-refractivity contribution in [2.24, 2.45) is 0 Å². The smallest absolute Gasteiger partial charge is 0.123 e. The molecule has 0 fully saturated rings. The number of benzene rings is 2. The number of aryl methyl sites for hydroxylation is 1. The van der Waals surface area contributed by atoms with Gasteiger partial charge in [-0.25, -0.2) is 4.39 Å². The van der Waals surface area contributed by atoms with Crippen molar-refractivity contribution in [1.82, 2.24) is 4.90 Å². The SMILES string of the molecule is Fc1ccc(C2=CCN(CC3Nc4cc(Cl)cc5c4N3CCC5)CC2)cc1. The summed E-state index contributed by atoms with van der Waals surface area (Å²) in [5.74, 6) is -0.176. The Kier molecular flexibility index (Phi) is 4.33. The lowest BCUT2D eigenvalue weighted by Gasteiger charge is -2.35. The average molecular weight is 384 g/mol. The first-order valence-corrected chi connectivity index (χ1v) is 10.1. The average Bonchev–Trinajstić information content (AvgIpc) is 3.02. The van der Waals surface area contributed by atoms with Crippen molar-refractivity contribution in [2.45, 2.75) is 25.4 Å². The van der Waals surface area contributed by atoms with E-state index in [0.29, 0.717) is 6.17 Å². The lowest BCUT2D eigenvalue weighted by atomic mass is 9.99. The van der Waals surface area contributed by atoms with Crippen LogP contribution in [-0.2, 0) is 6.42 Å². The molecule has 3 heterocycles. The van der Waals surface area contributed by atoms with Crippen LogP contribution in [0.15, 0.2) is 42.5 Å². The molecule has 0 saturated heterocycles. The first kappa shape index (κ1) is 17.1. The van der Waals surface area contributed by atoms with Crippen LogP contribution >= 0.6 is 11.6 Å². The molecule has 3 aliphatic rings. The van der Waals surface area contributed by atoms with Crippen molar-refractivity contribution in [3.63, 3.8) is 0 Å². The van der Waals surface area contributed by atoms with Gasteiger partial charge in [0.2, 0.25) is 0 Å². The van der Waals surface area contributed by atoms with Crippen molar-refractivity contribution in [3.8, 4) is 0 Å². The molecule has 140 valence electrons. The summed E-state index contributed by atoms with van der Waals surface area (Å²) in [5, 5.41) is 4.51. The lowest BCUT2D eigenvalue weighted by Crippen LogP contribution is -2.47. The van der Waals surface area contributed by atoms with Crippen LogP contribution in [0.4, 0.5) is 15.8 Å². The molecule has 5 heteroatoms. The number of anilines is 2. The third-order valence-electron chi connectivity index (χ3n) is 5.92. The highest BCUT2D eigenvalue weighted by Gasteiger charge is 2.34. The molecule has 27 heavy (non-hydrogen) atoms. The van der Waals surface area contributed by atoms with Gasteiger partial charge in [0.25, 0.3) is 0 Å². The van der Waals surface area contributed by atoms with Crippen LogP contribution in [0.3, 0.4) is 0 Å². The molecule has 0 amide bonds. The predicted octanol–water partition coefficient (Wildman–Crippen LogP) is 4.77. The fraction of sp³-hybridized carbons (Fsp3) is 0.364. The van der Waals surface area contributed by atoms with E-state index in [2.05, 4.69) is 33.3 Å². The molecule has 2 aromatic rings. The Bertz CT molecular complexity index is 893. The molecule has 0 aliphatic carbocycles. The monoisotopic (exact) mass is 383 g/mol. The Morgan fingerprint density at radius 3 is 2.74 bits per heavy atom. The van der Waals surface area contributed by atoms with E-state index in [-0.39, 0.29) is 5.82 Å². The number of nitrogens with one attached hydrogen (secondary N) is 1. The highest BCUT2D eigenvalue weighted by Crippen LogP contribution is 2.43. The molecule has 0 radical (unpaired) electrons. The first-order chi connectivity index (χ1) is 13.2. The molecule has 0 aromatic heterocycles. The van der Waals surface area contributed by atoms with E-state index in [1.807, 2.05) is 12.1 Å². The molecular formula is C22H23ClFN3. The second kappa shape index (κ2) is 6.84. The molecule has 1 unspecified atom stereocenters. The molecule has 3 nitrogen and oxygen atoms in total. The zero-order chi connectivity index (χ0) is 18.4. The summed E-state index contributed by atoms with van der Waals surface area (Å²) in [5.41, 5.74) is 6.37. The number of hydrogen-bond donors (Lipinski definition) is 1. The van der Waals surface area contributed by atoms with Crippen LogP contribution in [0.2, 0.25) is 5.02 Å². The van der Waals surface area contributed by atoms with Crippen molar-refractivity contribution >= 4 is 28.5 Å². The van der Waals surface area contributed by atoms with Crippen LogP contribution in [0.25, 0.3) is 5.57 Å². The van der Waals surface area contributed by atoms with Gasteiger partial charge in [-0.05, 0) is 60.2 Å². The minimum Gasteiger partial charge on any atom is -0.362 e. The van der Waals surface area contributed by atoms with E-state index in [9.17, 15) is 4.39 Å². The number of rotatable bonds is 3. The van der Waals surface area contributed by atoms with Gasteiger partial charge in [-0.1, -0.05) is 29.8 Å². The van der Waals surface area contributed by atoms with Crippen molar-refractivity contribution in [2.75, 3.05) is 36.4 Å². The molecular weight excluding hydrogens is 361 g/mol. The quantitative estimate of drug-likeness (QED) is 0.823. The fourth-order valence-electron chi connectivity index (χ4n) is 4.61. The zero-order valence-corrected chi connectivity index (χ0v) is 16.0. The van der Waals surface area contributed by atoms with Gasteiger partial charge in [-0.15, -0.1) is 0 Å². The van der Waals surface area contributed by atoms with Gasteiger partial charge in [-0.2, -0.15) is 0 Å². The van der Waals surface area contributed by atoms with Gasteiger partial charge in [-0.3, -0.25) is 4.90 Å². The van der Waals surface area contributed by atoms with Gasteiger partial charge < -0.3 is 10.2 Å². The number of halogens is 2. The third-order valence-corrected chi connectivity index (χ3v) is 6.14. The molecule has 0 spiro atoms. The summed E-state index contributed by atoms with van der Waals surface area (Å²) in [6, 6.07) is 11.0. The van der Waals surface area contributed by atoms with E-state index in [1.165, 1.54) is 28.9 Å². The largest absolute Gasteiger partial charge is 0.362 e. The Hall–Kier alpha value is -2.04. The van der Waals surface area contributed by atoms with Crippen molar-refractivity contribution in [3.05, 3.63) is 64.4 Å². The van der Waals surface area contributed by atoms with Crippen LogP contribution in [-0.4, -0.2) is 37.2 Å². The maximum absolute atomic E-state index is 13.1. The Labute approximate surface area is 164 Å². The second-order valence-electron chi connectivity index (χ2n) is 7.66. The fourth-order valence-corrected chi connectivity index (χ4v) is 4.85. The maximum atomic E-state index is 13.1. The van der Waals surface area contributed by atoms with E-state index in [0.717, 1.165) is 49.6 Å². The van der Waals surface area contributed by atoms with Gasteiger partial charge in [0.15, 0.2) is 0 Å².